The number of hydrogen-bond acceptors (Lipinski definition) is 11. The van der Waals surface area contributed by atoms with Gasteiger partial charge in [-0.15, -0.1) is 5.10 Å². The van der Waals surface area contributed by atoms with Crippen LogP contribution in [0.15, 0.2) is 85.3 Å². The van der Waals surface area contributed by atoms with Crippen LogP contribution in [0.25, 0.3) is 21.9 Å². The van der Waals surface area contributed by atoms with E-state index in [1.165, 1.54) is 6.33 Å². The SMILES string of the molecule is Cc1ccc(Oc2ccc(Nc3ncnc4cccc(O[C@@H](C)C(=O)N5CCOCC5)c34)cc2C)cn1.On1nnc2ccccc21. The Bertz CT molecular complexity index is 1990. The number of ether oxygens (including phenoxy) is 3. The number of amides is 1. The summed E-state index contributed by atoms with van der Waals surface area (Å²) in [4.78, 5) is 28.6. The first kappa shape index (κ1) is 31.2. The predicted octanol–water partition coefficient (Wildman–Crippen LogP) is 5.47. The number of carbonyl (C=O) groups excluding carboxylic acids is 1. The van der Waals surface area contributed by atoms with E-state index >= 15 is 0 Å². The monoisotopic (exact) mass is 634 g/mol. The fourth-order valence-electron chi connectivity index (χ4n) is 5.03. The topological polar surface area (TPSA) is 150 Å². The molecule has 47 heavy (non-hydrogen) atoms. The Kier molecular flexibility index (Phi) is 9.34. The van der Waals surface area contributed by atoms with Crippen LogP contribution in [-0.4, -0.2) is 78.5 Å². The molecule has 1 saturated heterocycles. The van der Waals surface area contributed by atoms with E-state index in [0.29, 0.717) is 65.6 Å². The number of nitrogens with one attached hydrogen (secondary N) is 1. The highest BCUT2D eigenvalue weighted by atomic mass is 16.5. The van der Waals surface area contributed by atoms with E-state index in [0.717, 1.165) is 27.5 Å². The molecule has 4 heterocycles. The summed E-state index contributed by atoms with van der Waals surface area (Å²) < 4.78 is 17.5. The second-order valence-electron chi connectivity index (χ2n) is 10.9. The number of carbonyl (C=O) groups is 1. The lowest BCUT2D eigenvalue weighted by atomic mass is 10.1. The molecular formula is C34H34N8O5. The molecule has 0 bridgehead atoms. The number of pyridine rings is 1. The Balaban J connectivity index is 0.000000327. The number of aryl methyl sites for hydroxylation is 2. The van der Waals surface area contributed by atoms with Crippen LogP contribution in [0, 0.1) is 13.8 Å². The molecule has 1 atom stereocenters. The molecule has 2 N–H and O–H groups in total. The van der Waals surface area contributed by atoms with Crippen molar-refractivity contribution in [2.24, 2.45) is 0 Å². The number of rotatable bonds is 7. The molecule has 0 aliphatic carbocycles. The van der Waals surface area contributed by atoms with Crippen molar-refractivity contribution in [3.8, 4) is 17.2 Å². The summed E-state index contributed by atoms with van der Waals surface area (Å²) in [6.07, 6.45) is 2.55. The van der Waals surface area contributed by atoms with Gasteiger partial charge in [-0.05, 0) is 86.1 Å². The van der Waals surface area contributed by atoms with Gasteiger partial charge < -0.3 is 29.6 Å². The Labute approximate surface area is 270 Å². The number of morpholine rings is 1. The molecule has 7 rings (SSSR count). The van der Waals surface area contributed by atoms with Gasteiger partial charge in [0.1, 0.15) is 40.4 Å². The fourth-order valence-corrected chi connectivity index (χ4v) is 5.03. The van der Waals surface area contributed by atoms with Crippen molar-refractivity contribution in [1.82, 2.24) is 35.0 Å². The van der Waals surface area contributed by atoms with Gasteiger partial charge in [-0.3, -0.25) is 9.78 Å². The van der Waals surface area contributed by atoms with Crippen LogP contribution in [0.1, 0.15) is 18.2 Å². The zero-order chi connectivity index (χ0) is 32.8. The normalized spacial score (nSPS) is 13.5. The van der Waals surface area contributed by atoms with Gasteiger partial charge in [0.25, 0.3) is 5.91 Å². The van der Waals surface area contributed by atoms with Crippen LogP contribution in [0.3, 0.4) is 0 Å². The van der Waals surface area contributed by atoms with Crippen LogP contribution in [0.2, 0.25) is 0 Å². The van der Waals surface area contributed by atoms with Crippen molar-refractivity contribution < 1.29 is 24.2 Å². The maximum atomic E-state index is 12.9. The third-order valence-electron chi connectivity index (χ3n) is 7.48. The second kappa shape index (κ2) is 14.1. The Morgan fingerprint density at radius 2 is 1.74 bits per heavy atom. The largest absolute Gasteiger partial charge is 0.480 e. The summed E-state index contributed by atoms with van der Waals surface area (Å²) >= 11 is 0. The predicted molar refractivity (Wildman–Crippen MR) is 175 cm³/mol. The molecule has 3 aromatic heterocycles. The van der Waals surface area contributed by atoms with Gasteiger partial charge in [-0.1, -0.05) is 23.0 Å². The first-order chi connectivity index (χ1) is 22.9. The van der Waals surface area contributed by atoms with Crippen LogP contribution < -0.4 is 14.8 Å². The van der Waals surface area contributed by atoms with Gasteiger partial charge in [0.05, 0.1) is 30.3 Å². The second-order valence-corrected chi connectivity index (χ2v) is 10.9. The van der Waals surface area contributed by atoms with Gasteiger partial charge in [-0.25, -0.2) is 9.97 Å². The molecule has 1 fully saturated rings. The number of nitrogens with zero attached hydrogens (tertiary/aromatic N) is 7. The van der Waals surface area contributed by atoms with Gasteiger partial charge in [0.15, 0.2) is 6.10 Å². The molecule has 13 heteroatoms. The summed E-state index contributed by atoms with van der Waals surface area (Å²) in [6.45, 7) is 7.90. The molecule has 0 spiro atoms. The highest BCUT2D eigenvalue weighted by molar-refractivity contribution is 5.96. The van der Waals surface area contributed by atoms with E-state index in [1.54, 1.807) is 30.2 Å². The molecule has 240 valence electrons. The van der Waals surface area contributed by atoms with E-state index in [2.05, 4.69) is 30.6 Å². The van der Waals surface area contributed by atoms with Crippen molar-refractivity contribution in [2.75, 3.05) is 31.6 Å². The van der Waals surface area contributed by atoms with Gasteiger partial charge in [0, 0.05) is 24.5 Å². The summed E-state index contributed by atoms with van der Waals surface area (Å²) in [5.74, 6) is 2.48. The van der Waals surface area contributed by atoms with Gasteiger partial charge in [-0.2, -0.15) is 0 Å². The number of hydrogen-bond donors (Lipinski definition) is 2. The van der Waals surface area contributed by atoms with Crippen LogP contribution in [0.4, 0.5) is 11.5 Å². The smallest absolute Gasteiger partial charge is 0.263 e. The van der Waals surface area contributed by atoms with E-state index in [1.807, 2.05) is 74.5 Å². The highest BCUT2D eigenvalue weighted by Crippen LogP contribution is 2.34. The summed E-state index contributed by atoms with van der Waals surface area (Å²) in [6, 6.07) is 22.4. The van der Waals surface area contributed by atoms with Crippen LogP contribution in [0.5, 0.6) is 17.2 Å². The van der Waals surface area contributed by atoms with Crippen LogP contribution in [-0.2, 0) is 9.53 Å². The standard InChI is InChI=1S/C28H29N5O4.C6H5N3O/c1-18-15-21(8-10-24(18)37-22-9-7-19(2)29-16-22)32-27-26-23(30-17-31-27)5-4-6-25(26)36-20(3)28(34)33-11-13-35-14-12-33;10-9-6-4-2-1-3-5(6)7-8-9/h4-10,15-17,20H,11-14H2,1-3H3,(H,30,31,32);1-4,10H/t20-;/m0./s1. The minimum absolute atomic E-state index is 0.0679. The third kappa shape index (κ3) is 7.36. The van der Waals surface area contributed by atoms with Crippen molar-refractivity contribution in [3.05, 3.63) is 96.6 Å². The van der Waals surface area contributed by atoms with Crippen molar-refractivity contribution in [2.45, 2.75) is 26.9 Å². The van der Waals surface area contributed by atoms with Crippen LogP contribution >= 0.6 is 0 Å². The fraction of sp³-hybridized carbons (Fsp3) is 0.235. The average molecular weight is 635 g/mol. The summed E-state index contributed by atoms with van der Waals surface area (Å²) in [5.41, 5.74) is 4.75. The van der Waals surface area contributed by atoms with E-state index < -0.39 is 6.10 Å². The Hall–Kier alpha value is -5.82. The van der Waals surface area contributed by atoms with Gasteiger partial charge >= 0.3 is 0 Å². The minimum Gasteiger partial charge on any atom is -0.480 e. The lowest BCUT2D eigenvalue weighted by Crippen LogP contribution is -2.46. The molecule has 1 aliphatic rings. The lowest BCUT2D eigenvalue weighted by Gasteiger charge is -2.29. The summed E-state index contributed by atoms with van der Waals surface area (Å²) in [7, 11) is 0. The molecule has 1 aliphatic heterocycles. The number of anilines is 2. The summed E-state index contributed by atoms with van der Waals surface area (Å²) in [5, 5.41) is 20.1. The molecular weight excluding hydrogens is 600 g/mol. The molecule has 1 amide bonds. The quantitative estimate of drug-likeness (QED) is 0.215. The Morgan fingerprint density at radius 1 is 0.936 bits per heavy atom. The zero-order valence-electron chi connectivity index (χ0n) is 26.2. The molecule has 13 nitrogen and oxygen atoms in total. The highest BCUT2D eigenvalue weighted by Gasteiger charge is 2.25. The van der Waals surface area contributed by atoms with Crippen molar-refractivity contribution in [3.63, 3.8) is 0 Å². The number of aromatic nitrogens is 6. The van der Waals surface area contributed by atoms with E-state index in [9.17, 15) is 4.79 Å². The maximum absolute atomic E-state index is 12.9. The molecule has 3 aromatic carbocycles. The number of para-hydroxylation sites is 1. The molecule has 0 radical (unpaired) electrons. The third-order valence-corrected chi connectivity index (χ3v) is 7.48. The molecule has 0 unspecified atom stereocenters. The average Bonchev–Trinajstić information content (AvgIpc) is 3.48. The lowest BCUT2D eigenvalue weighted by molar-refractivity contribution is -0.142. The van der Waals surface area contributed by atoms with Gasteiger partial charge in [0.2, 0.25) is 0 Å². The molecule has 0 saturated carbocycles. The first-order valence-corrected chi connectivity index (χ1v) is 15.1. The van der Waals surface area contributed by atoms with E-state index in [4.69, 9.17) is 19.4 Å². The number of benzene rings is 3. The maximum Gasteiger partial charge on any atom is 0.263 e. The minimum atomic E-state index is -0.660. The zero-order valence-corrected chi connectivity index (χ0v) is 26.2. The Morgan fingerprint density at radius 3 is 2.51 bits per heavy atom. The van der Waals surface area contributed by atoms with Crippen molar-refractivity contribution in [1.29, 1.82) is 0 Å². The first-order valence-electron chi connectivity index (χ1n) is 15.1. The molecule has 6 aromatic rings. The van der Waals surface area contributed by atoms with Crippen molar-refractivity contribution >= 4 is 39.3 Å². The number of fused-ring (bicyclic) bond motifs is 2. The van der Waals surface area contributed by atoms with E-state index in [-0.39, 0.29) is 5.91 Å².